The molecule has 17 heavy (non-hydrogen) atoms. The number of nitrogens with two attached hydrogens (primary N) is 1. The Labute approximate surface area is 106 Å². The van der Waals surface area contributed by atoms with Gasteiger partial charge in [0.2, 0.25) is 0 Å². The molecule has 0 amide bonds. The van der Waals surface area contributed by atoms with Crippen molar-refractivity contribution in [3.63, 3.8) is 0 Å². The molecule has 2 N–H and O–H groups in total. The minimum atomic E-state index is 0.815. The van der Waals surface area contributed by atoms with Gasteiger partial charge in [0.25, 0.3) is 0 Å². The second-order valence-electron chi connectivity index (χ2n) is 3.93. The van der Waals surface area contributed by atoms with E-state index in [4.69, 9.17) is 5.73 Å². The second-order valence-corrected chi connectivity index (χ2v) is 5.10. The molecular formula is C14H16N2S. The third-order valence-corrected chi connectivity index (χ3v) is 3.62. The van der Waals surface area contributed by atoms with Gasteiger partial charge in [0.05, 0.1) is 0 Å². The van der Waals surface area contributed by atoms with Crippen LogP contribution in [0.4, 0.5) is 5.69 Å². The largest absolute Gasteiger partial charge is 0.399 e. The highest BCUT2D eigenvalue weighted by Gasteiger charge is 1.99. The van der Waals surface area contributed by atoms with Crippen LogP contribution < -0.4 is 5.73 Å². The number of rotatable bonds is 4. The molecule has 3 heteroatoms. The highest BCUT2D eigenvalue weighted by Crippen LogP contribution is 2.20. The van der Waals surface area contributed by atoms with Crippen molar-refractivity contribution < 1.29 is 0 Å². The molecule has 0 fully saturated rings. The summed E-state index contributed by atoms with van der Waals surface area (Å²) in [6.07, 6.45) is 2.86. The summed E-state index contributed by atoms with van der Waals surface area (Å²) in [5.41, 5.74) is 8.92. The maximum atomic E-state index is 5.65. The molecule has 1 heterocycles. The van der Waals surface area contributed by atoms with Crippen LogP contribution in [-0.2, 0) is 6.42 Å². The molecule has 1 aromatic carbocycles. The van der Waals surface area contributed by atoms with E-state index >= 15 is 0 Å². The maximum Gasteiger partial charge on any atom is 0.0441 e. The number of pyridine rings is 1. The lowest BCUT2D eigenvalue weighted by Crippen LogP contribution is -1.95. The SMILES string of the molecule is Cc1cccnc1CCSc1ccc(N)cc1. The number of aromatic nitrogens is 1. The average molecular weight is 244 g/mol. The lowest BCUT2D eigenvalue weighted by Gasteiger charge is -2.04. The van der Waals surface area contributed by atoms with Gasteiger partial charge in [0.15, 0.2) is 0 Å². The smallest absolute Gasteiger partial charge is 0.0441 e. The van der Waals surface area contributed by atoms with Gasteiger partial charge in [-0.05, 0) is 49.2 Å². The van der Waals surface area contributed by atoms with Gasteiger partial charge in [-0.1, -0.05) is 6.07 Å². The summed E-state index contributed by atoms with van der Waals surface area (Å²) in [7, 11) is 0. The van der Waals surface area contributed by atoms with Crippen LogP contribution in [-0.4, -0.2) is 10.7 Å². The van der Waals surface area contributed by atoms with Crippen LogP contribution in [0.2, 0.25) is 0 Å². The normalized spacial score (nSPS) is 10.4. The quantitative estimate of drug-likeness (QED) is 0.662. The number of anilines is 1. The van der Waals surface area contributed by atoms with E-state index < -0.39 is 0 Å². The molecular weight excluding hydrogens is 228 g/mol. The summed E-state index contributed by atoms with van der Waals surface area (Å²) in [5.74, 6) is 1.04. The fraction of sp³-hybridized carbons (Fsp3) is 0.214. The molecule has 0 bridgehead atoms. The molecule has 2 nitrogen and oxygen atoms in total. The van der Waals surface area contributed by atoms with Gasteiger partial charge in [-0.25, -0.2) is 0 Å². The van der Waals surface area contributed by atoms with Gasteiger partial charge < -0.3 is 5.73 Å². The van der Waals surface area contributed by atoms with E-state index in [1.807, 2.05) is 36.2 Å². The lowest BCUT2D eigenvalue weighted by molar-refractivity contribution is 1.02. The average Bonchev–Trinajstić information content (AvgIpc) is 2.34. The van der Waals surface area contributed by atoms with Gasteiger partial charge in [0, 0.05) is 28.2 Å². The molecule has 0 aliphatic rings. The minimum absolute atomic E-state index is 0.815. The van der Waals surface area contributed by atoms with Crippen molar-refractivity contribution in [2.24, 2.45) is 0 Å². The van der Waals surface area contributed by atoms with Gasteiger partial charge in [-0.3, -0.25) is 4.98 Å². The molecule has 0 radical (unpaired) electrons. The Morgan fingerprint density at radius 3 is 2.65 bits per heavy atom. The molecule has 0 aliphatic heterocycles. The first-order chi connectivity index (χ1) is 8.25. The first kappa shape index (κ1) is 12.0. The highest BCUT2D eigenvalue weighted by atomic mass is 32.2. The van der Waals surface area contributed by atoms with Gasteiger partial charge in [0.1, 0.15) is 0 Å². The van der Waals surface area contributed by atoms with Crippen LogP contribution in [0.1, 0.15) is 11.3 Å². The maximum absolute atomic E-state index is 5.65. The van der Waals surface area contributed by atoms with Crippen LogP contribution >= 0.6 is 11.8 Å². The van der Waals surface area contributed by atoms with E-state index in [-0.39, 0.29) is 0 Å². The summed E-state index contributed by atoms with van der Waals surface area (Å²) < 4.78 is 0. The Morgan fingerprint density at radius 2 is 1.94 bits per heavy atom. The second kappa shape index (κ2) is 5.73. The number of hydrogen-bond acceptors (Lipinski definition) is 3. The van der Waals surface area contributed by atoms with Crippen molar-refractivity contribution in [1.29, 1.82) is 0 Å². The fourth-order valence-electron chi connectivity index (χ4n) is 1.61. The van der Waals surface area contributed by atoms with E-state index in [9.17, 15) is 0 Å². The zero-order chi connectivity index (χ0) is 12.1. The highest BCUT2D eigenvalue weighted by molar-refractivity contribution is 7.99. The Kier molecular flexibility index (Phi) is 4.04. The summed E-state index contributed by atoms with van der Waals surface area (Å²) in [4.78, 5) is 5.65. The van der Waals surface area contributed by atoms with Crippen molar-refractivity contribution in [3.05, 3.63) is 53.9 Å². The van der Waals surface area contributed by atoms with Crippen LogP contribution in [0.3, 0.4) is 0 Å². The molecule has 1 aromatic heterocycles. The first-order valence-electron chi connectivity index (χ1n) is 5.64. The summed E-state index contributed by atoms with van der Waals surface area (Å²) >= 11 is 1.84. The molecule has 0 atom stereocenters. The Morgan fingerprint density at radius 1 is 1.18 bits per heavy atom. The standard InChI is InChI=1S/C14H16N2S/c1-11-3-2-9-16-14(11)8-10-17-13-6-4-12(15)5-7-13/h2-7,9H,8,10,15H2,1H3. The Hall–Kier alpha value is -1.48. The molecule has 0 spiro atoms. The number of thioether (sulfide) groups is 1. The monoisotopic (exact) mass is 244 g/mol. The number of benzene rings is 1. The molecule has 0 saturated carbocycles. The van der Waals surface area contributed by atoms with Crippen molar-refractivity contribution in [3.8, 4) is 0 Å². The van der Waals surface area contributed by atoms with Gasteiger partial charge in [-0.2, -0.15) is 0 Å². The number of nitrogen functional groups attached to an aromatic ring is 1. The zero-order valence-corrected chi connectivity index (χ0v) is 10.7. The Bertz CT molecular complexity index is 480. The molecule has 0 saturated heterocycles. The van der Waals surface area contributed by atoms with Crippen molar-refractivity contribution in [1.82, 2.24) is 4.98 Å². The fourth-order valence-corrected chi connectivity index (χ4v) is 2.47. The minimum Gasteiger partial charge on any atom is -0.399 e. The van der Waals surface area contributed by atoms with E-state index in [0.29, 0.717) is 0 Å². The number of hydrogen-bond donors (Lipinski definition) is 1. The molecule has 0 aliphatic carbocycles. The van der Waals surface area contributed by atoms with Gasteiger partial charge >= 0.3 is 0 Å². The van der Waals surface area contributed by atoms with E-state index in [1.54, 1.807) is 0 Å². The molecule has 0 unspecified atom stereocenters. The Balaban J connectivity index is 1.88. The molecule has 2 rings (SSSR count). The third kappa shape index (κ3) is 3.49. The van der Waals surface area contributed by atoms with E-state index in [0.717, 1.165) is 17.9 Å². The number of nitrogens with zero attached hydrogens (tertiary/aromatic N) is 1. The topological polar surface area (TPSA) is 38.9 Å². The molecule has 2 aromatic rings. The zero-order valence-electron chi connectivity index (χ0n) is 9.89. The van der Waals surface area contributed by atoms with Crippen LogP contribution in [0.15, 0.2) is 47.5 Å². The molecule has 88 valence electrons. The first-order valence-corrected chi connectivity index (χ1v) is 6.63. The van der Waals surface area contributed by atoms with Crippen molar-refractivity contribution >= 4 is 17.4 Å². The summed E-state index contributed by atoms with van der Waals surface area (Å²) in [6.45, 7) is 2.11. The van der Waals surface area contributed by atoms with Crippen molar-refractivity contribution in [2.75, 3.05) is 11.5 Å². The predicted molar refractivity (Wildman–Crippen MR) is 74.3 cm³/mol. The summed E-state index contributed by atoms with van der Waals surface area (Å²) in [5, 5.41) is 0. The third-order valence-electron chi connectivity index (χ3n) is 2.61. The van der Waals surface area contributed by atoms with Gasteiger partial charge in [-0.15, -0.1) is 11.8 Å². The van der Waals surface area contributed by atoms with Crippen LogP contribution in [0.25, 0.3) is 0 Å². The van der Waals surface area contributed by atoms with Crippen molar-refractivity contribution in [2.45, 2.75) is 18.2 Å². The van der Waals surface area contributed by atoms with E-state index in [2.05, 4.69) is 30.1 Å². The van der Waals surface area contributed by atoms with Crippen LogP contribution in [0.5, 0.6) is 0 Å². The van der Waals surface area contributed by atoms with Crippen LogP contribution in [0, 0.1) is 6.92 Å². The number of aryl methyl sites for hydroxylation is 2. The predicted octanol–water partition coefficient (Wildman–Crippen LogP) is 3.31. The lowest BCUT2D eigenvalue weighted by atomic mass is 10.2. The van der Waals surface area contributed by atoms with E-state index in [1.165, 1.54) is 16.2 Å². The summed E-state index contributed by atoms with van der Waals surface area (Å²) in [6, 6.07) is 12.1.